The second-order valence-electron chi connectivity index (χ2n) is 9.14. The van der Waals surface area contributed by atoms with Crippen molar-refractivity contribution in [3.8, 4) is 28.4 Å². The second kappa shape index (κ2) is 12.5. The zero-order valence-corrected chi connectivity index (χ0v) is 22.5. The Balaban J connectivity index is 1.92. The van der Waals surface area contributed by atoms with Crippen LogP contribution in [-0.4, -0.2) is 17.9 Å². The van der Waals surface area contributed by atoms with Gasteiger partial charge in [0.05, 0.1) is 0 Å². The number of esters is 3. The summed E-state index contributed by atoms with van der Waals surface area (Å²) < 4.78 is 16.2. The first-order valence-electron chi connectivity index (χ1n) is 12.1. The molecule has 0 aliphatic heterocycles. The summed E-state index contributed by atoms with van der Waals surface area (Å²) >= 11 is 0. The van der Waals surface area contributed by atoms with Gasteiger partial charge in [0.2, 0.25) is 0 Å². The summed E-state index contributed by atoms with van der Waals surface area (Å²) in [4.78, 5) is 35.9. The van der Waals surface area contributed by atoms with Gasteiger partial charge in [0, 0.05) is 22.3 Å². The summed E-state index contributed by atoms with van der Waals surface area (Å²) in [5.74, 6) is -0.336. The number of carbonyl (C=O) groups excluding carboxylic acids is 3. The zero-order chi connectivity index (χ0) is 28.7. The maximum absolute atomic E-state index is 12.4. The number of ether oxygens (including phenoxy) is 3. The summed E-state index contributed by atoms with van der Waals surface area (Å²) in [7, 11) is 0. The highest BCUT2D eigenvalue weighted by atomic mass is 16.5. The van der Waals surface area contributed by atoms with Crippen molar-refractivity contribution in [3.05, 3.63) is 114 Å². The molecule has 6 nitrogen and oxygen atoms in total. The highest BCUT2D eigenvalue weighted by Gasteiger charge is 2.14. The van der Waals surface area contributed by atoms with Crippen molar-refractivity contribution in [1.29, 1.82) is 0 Å². The molecule has 0 unspecified atom stereocenters. The van der Waals surface area contributed by atoms with Gasteiger partial charge in [-0.2, -0.15) is 0 Å². The molecule has 0 spiro atoms. The lowest BCUT2D eigenvalue weighted by atomic mass is 9.97. The van der Waals surface area contributed by atoms with Crippen LogP contribution in [0.4, 0.5) is 0 Å². The van der Waals surface area contributed by atoms with E-state index in [1.54, 1.807) is 63.2 Å². The van der Waals surface area contributed by atoms with E-state index < -0.39 is 17.9 Å². The predicted molar refractivity (Wildman–Crippen MR) is 153 cm³/mol. The molecule has 0 N–H and O–H groups in total. The van der Waals surface area contributed by atoms with Crippen molar-refractivity contribution < 1.29 is 28.6 Å². The standard InChI is InChI=1S/C33H30O6/c1-20(2)31(34)37-27-14-9-24(10-15-27)8-11-26-18-23(7)29(19-30(26)39-33(36)22(5)6)25-12-16-28(17-13-25)38-32(35)21(3)4/h8-19H,1,3,5H2,2,4,6-7H3/b11-8+. The molecule has 0 fully saturated rings. The molecule has 0 heterocycles. The molecule has 0 radical (unpaired) electrons. The molecule has 0 atom stereocenters. The molecule has 0 aliphatic carbocycles. The number of hydrogen-bond acceptors (Lipinski definition) is 6. The fourth-order valence-electron chi connectivity index (χ4n) is 3.35. The Labute approximate surface area is 228 Å². The van der Waals surface area contributed by atoms with Gasteiger partial charge in [0.25, 0.3) is 0 Å². The summed E-state index contributed by atoms with van der Waals surface area (Å²) in [6, 6.07) is 17.7. The molecule has 0 aliphatic rings. The van der Waals surface area contributed by atoms with Crippen LogP contribution >= 0.6 is 0 Å². The smallest absolute Gasteiger partial charge is 0.338 e. The van der Waals surface area contributed by atoms with Crippen molar-refractivity contribution >= 4 is 30.1 Å². The van der Waals surface area contributed by atoms with Gasteiger partial charge in [-0.15, -0.1) is 0 Å². The van der Waals surface area contributed by atoms with Crippen LogP contribution in [0.3, 0.4) is 0 Å². The summed E-state index contributed by atoms with van der Waals surface area (Å²) in [5.41, 5.74) is 5.08. The summed E-state index contributed by atoms with van der Waals surface area (Å²) in [6.07, 6.45) is 3.70. The first kappa shape index (κ1) is 28.6. The predicted octanol–water partition coefficient (Wildman–Crippen LogP) is 7.28. The van der Waals surface area contributed by atoms with Crippen LogP contribution in [0.25, 0.3) is 23.3 Å². The van der Waals surface area contributed by atoms with Gasteiger partial charge in [0.1, 0.15) is 17.2 Å². The molecule has 0 saturated heterocycles. The molecule has 0 aromatic heterocycles. The van der Waals surface area contributed by atoms with Gasteiger partial charge in [-0.05, 0) is 86.3 Å². The first-order chi connectivity index (χ1) is 18.4. The van der Waals surface area contributed by atoms with E-state index in [0.717, 1.165) is 22.3 Å². The Kier molecular flexibility index (Phi) is 9.18. The van der Waals surface area contributed by atoms with Gasteiger partial charge in [0.15, 0.2) is 0 Å². The topological polar surface area (TPSA) is 78.9 Å². The quantitative estimate of drug-likeness (QED) is 0.127. The Morgan fingerprint density at radius 1 is 0.641 bits per heavy atom. The normalized spacial score (nSPS) is 10.6. The molecular weight excluding hydrogens is 492 g/mol. The molecule has 0 amide bonds. The molecule has 39 heavy (non-hydrogen) atoms. The van der Waals surface area contributed by atoms with Crippen LogP contribution in [0.5, 0.6) is 17.2 Å². The number of rotatable bonds is 9. The summed E-state index contributed by atoms with van der Waals surface area (Å²) in [5, 5.41) is 0. The van der Waals surface area contributed by atoms with E-state index in [9.17, 15) is 14.4 Å². The van der Waals surface area contributed by atoms with E-state index in [0.29, 0.717) is 34.0 Å². The zero-order valence-electron chi connectivity index (χ0n) is 22.5. The minimum absolute atomic E-state index is 0.274. The molecule has 3 rings (SSSR count). The minimum Gasteiger partial charge on any atom is -0.423 e. The molecule has 3 aromatic rings. The number of benzene rings is 3. The fourth-order valence-corrected chi connectivity index (χ4v) is 3.35. The highest BCUT2D eigenvalue weighted by molar-refractivity contribution is 5.91. The Bertz CT molecular complexity index is 1490. The number of carbonyl (C=O) groups is 3. The maximum Gasteiger partial charge on any atom is 0.338 e. The van der Waals surface area contributed by atoms with Gasteiger partial charge in [-0.3, -0.25) is 0 Å². The molecule has 0 saturated carbocycles. The number of hydrogen-bond donors (Lipinski definition) is 0. The summed E-state index contributed by atoms with van der Waals surface area (Å²) in [6.45, 7) is 17.5. The average molecular weight is 523 g/mol. The van der Waals surface area contributed by atoms with Crippen LogP contribution in [0, 0.1) is 6.92 Å². The van der Waals surface area contributed by atoms with Gasteiger partial charge >= 0.3 is 17.9 Å². The maximum atomic E-state index is 12.4. The average Bonchev–Trinajstić information content (AvgIpc) is 2.89. The third-order valence-electron chi connectivity index (χ3n) is 5.53. The fraction of sp³-hybridized carbons (Fsp3) is 0.121. The van der Waals surface area contributed by atoms with Crippen LogP contribution in [0.1, 0.15) is 37.5 Å². The van der Waals surface area contributed by atoms with E-state index in [1.807, 2.05) is 37.3 Å². The van der Waals surface area contributed by atoms with Crippen LogP contribution in [0.15, 0.2) is 97.1 Å². The Morgan fingerprint density at radius 2 is 1.10 bits per heavy atom. The van der Waals surface area contributed by atoms with Crippen LogP contribution in [0.2, 0.25) is 0 Å². The van der Waals surface area contributed by atoms with Crippen molar-refractivity contribution in [2.75, 3.05) is 0 Å². The van der Waals surface area contributed by atoms with Gasteiger partial charge in [-0.25, -0.2) is 14.4 Å². The second-order valence-corrected chi connectivity index (χ2v) is 9.14. The molecule has 3 aromatic carbocycles. The number of aryl methyl sites for hydroxylation is 1. The van der Waals surface area contributed by atoms with E-state index in [-0.39, 0.29) is 5.57 Å². The molecule has 6 heteroatoms. The minimum atomic E-state index is -0.537. The molecule has 0 bridgehead atoms. The monoisotopic (exact) mass is 522 g/mol. The van der Waals surface area contributed by atoms with Crippen LogP contribution in [-0.2, 0) is 14.4 Å². The van der Waals surface area contributed by atoms with Crippen LogP contribution < -0.4 is 14.2 Å². The largest absolute Gasteiger partial charge is 0.423 e. The lowest BCUT2D eigenvalue weighted by molar-refractivity contribution is -0.130. The van der Waals surface area contributed by atoms with Crippen molar-refractivity contribution in [2.24, 2.45) is 0 Å². The first-order valence-corrected chi connectivity index (χ1v) is 12.1. The Hall–Kier alpha value is -4.97. The van der Waals surface area contributed by atoms with Crippen molar-refractivity contribution in [1.82, 2.24) is 0 Å². The third kappa shape index (κ3) is 7.76. The highest BCUT2D eigenvalue weighted by Crippen LogP contribution is 2.33. The van der Waals surface area contributed by atoms with Gasteiger partial charge < -0.3 is 14.2 Å². The Morgan fingerprint density at radius 3 is 1.59 bits per heavy atom. The SMILES string of the molecule is C=C(C)C(=O)Oc1ccc(/C=C/c2cc(C)c(-c3ccc(OC(=O)C(=C)C)cc3)cc2OC(=O)C(=C)C)cc1. The van der Waals surface area contributed by atoms with Crippen molar-refractivity contribution in [2.45, 2.75) is 27.7 Å². The van der Waals surface area contributed by atoms with E-state index in [4.69, 9.17) is 14.2 Å². The lowest BCUT2D eigenvalue weighted by Gasteiger charge is -2.14. The lowest BCUT2D eigenvalue weighted by Crippen LogP contribution is -2.09. The van der Waals surface area contributed by atoms with Crippen molar-refractivity contribution in [3.63, 3.8) is 0 Å². The van der Waals surface area contributed by atoms with Gasteiger partial charge in [-0.1, -0.05) is 56.2 Å². The molecular formula is C33H30O6. The van der Waals surface area contributed by atoms with E-state index in [1.165, 1.54) is 0 Å². The third-order valence-corrected chi connectivity index (χ3v) is 5.53. The molecule has 198 valence electrons. The van der Waals surface area contributed by atoms with E-state index >= 15 is 0 Å². The van der Waals surface area contributed by atoms with E-state index in [2.05, 4.69) is 19.7 Å².